The standard InChI is InChI=1S/C57H83N4O12S4/c1-13-58(36-40-74-72-70-66-11)50-28-20-46(21-29-50)54(47-22-30-51(31-23-47)59(14-2)37-41-75-73-71-67-12)18-17-19-55(48-24-32-52(33-25-48)60(15-3)38-42-76(62,63)68-44-56(5,6)7)49-26-34-53(35-27-49)61(16-4)39-43-77(64,65)69-45-57(8,9)10/h17-35H,13-16,36-45H2,1-12H3/q+1. The maximum Gasteiger partial charge on any atom is 0.273 e. The molecule has 1 aliphatic carbocycles. The molecule has 77 heavy (non-hydrogen) atoms. The van der Waals surface area contributed by atoms with E-state index in [0.717, 1.165) is 82.4 Å². The summed E-state index contributed by atoms with van der Waals surface area (Å²) in [6, 6.07) is 25.3. The largest absolute Gasteiger partial charge is 0.371 e. The van der Waals surface area contributed by atoms with Gasteiger partial charge in [0.25, 0.3) is 20.2 Å². The van der Waals surface area contributed by atoms with Crippen LogP contribution in [-0.2, 0) is 57.1 Å². The van der Waals surface area contributed by atoms with Crippen LogP contribution in [0.2, 0.25) is 0 Å². The molecule has 0 bridgehead atoms. The molecule has 0 spiro atoms. The number of hydrogen-bond donors (Lipinski definition) is 0. The zero-order chi connectivity index (χ0) is 56.5. The zero-order valence-corrected chi connectivity index (χ0v) is 50.5. The second-order valence-corrected chi connectivity index (χ2v) is 25.4. The van der Waals surface area contributed by atoms with Crippen LogP contribution in [-0.4, -0.2) is 130 Å². The molecule has 0 unspecified atom stereocenters. The van der Waals surface area contributed by atoms with Crippen molar-refractivity contribution in [3.63, 3.8) is 0 Å². The monoisotopic (exact) mass is 1140 g/mol. The van der Waals surface area contributed by atoms with Crippen LogP contribution in [0.15, 0.2) is 121 Å². The van der Waals surface area contributed by atoms with E-state index in [1.165, 1.54) is 38.3 Å². The maximum atomic E-state index is 12.9. The lowest BCUT2D eigenvalue weighted by Gasteiger charge is -2.24. The van der Waals surface area contributed by atoms with Crippen LogP contribution in [0.1, 0.15) is 85.9 Å². The van der Waals surface area contributed by atoms with Gasteiger partial charge in [-0.3, -0.25) is 8.37 Å². The Balaban J connectivity index is 1.79. The van der Waals surface area contributed by atoms with Crippen molar-refractivity contribution in [1.29, 1.82) is 0 Å². The van der Waals surface area contributed by atoms with Crippen molar-refractivity contribution in [3.05, 3.63) is 138 Å². The molecule has 3 aromatic carbocycles. The summed E-state index contributed by atoms with van der Waals surface area (Å²) in [7, 11) is -4.68. The molecule has 16 nitrogen and oxygen atoms in total. The first kappa shape index (κ1) is 65.2. The fourth-order valence-corrected chi connectivity index (χ4v) is 10.9. The van der Waals surface area contributed by atoms with Gasteiger partial charge in [-0.1, -0.05) is 106 Å². The highest BCUT2D eigenvalue weighted by Crippen LogP contribution is 2.31. The van der Waals surface area contributed by atoms with Crippen molar-refractivity contribution in [3.8, 4) is 0 Å². The number of rotatable bonds is 34. The Morgan fingerprint density at radius 3 is 1.39 bits per heavy atom. The van der Waals surface area contributed by atoms with Gasteiger partial charge in [-0.15, -0.1) is 8.67 Å². The minimum atomic E-state index is -3.73. The van der Waals surface area contributed by atoms with Gasteiger partial charge >= 0.3 is 0 Å². The fraction of sp³-hybridized carbons (Fsp3) is 0.491. The van der Waals surface area contributed by atoms with E-state index in [4.69, 9.17) is 17.0 Å². The van der Waals surface area contributed by atoms with E-state index in [1.54, 1.807) is 0 Å². The van der Waals surface area contributed by atoms with Crippen LogP contribution in [0.25, 0.3) is 11.1 Å². The highest BCUT2D eigenvalue weighted by Gasteiger charge is 2.23. The van der Waals surface area contributed by atoms with E-state index < -0.39 is 20.2 Å². The van der Waals surface area contributed by atoms with Crippen LogP contribution in [0.4, 0.5) is 17.1 Å². The first-order valence-electron chi connectivity index (χ1n) is 26.0. The van der Waals surface area contributed by atoms with Crippen molar-refractivity contribution in [1.82, 2.24) is 0 Å². The van der Waals surface area contributed by atoms with Crippen LogP contribution < -0.4 is 14.7 Å². The maximum absolute atomic E-state index is 12.9. The quantitative estimate of drug-likeness (QED) is 0.0106. The summed E-state index contributed by atoms with van der Waals surface area (Å²) in [6.45, 7) is 24.9. The molecule has 0 atom stereocenters. The Morgan fingerprint density at radius 2 is 0.987 bits per heavy atom. The van der Waals surface area contributed by atoms with Gasteiger partial charge in [0.2, 0.25) is 0 Å². The minimum Gasteiger partial charge on any atom is -0.371 e. The molecular formula is C57H83N4O12S4+. The minimum absolute atomic E-state index is 0.116. The van der Waals surface area contributed by atoms with Gasteiger partial charge in [0, 0.05) is 104 Å². The highest BCUT2D eigenvalue weighted by molar-refractivity contribution is 7.94. The van der Waals surface area contributed by atoms with E-state index in [1.807, 2.05) is 89.2 Å². The van der Waals surface area contributed by atoms with Gasteiger partial charge in [-0.25, -0.2) is 14.4 Å². The Morgan fingerprint density at radius 1 is 0.571 bits per heavy atom. The van der Waals surface area contributed by atoms with E-state index in [9.17, 15) is 16.8 Å². The Kier molecular flexibility index (Phi) is 27.7. The summed E-state index contributed by atoms with van der Waals surface area (Å²) in [5.74, 6) is 1.05. The topological polar surface area (TPSA) is 155 Å². The van der Waals surface area contributed by atoms with E-state index in [2.05, 4.69) is 135 Å². The summed E-state index contributed by atoms with van der Waals surface area (Å²) in [5, 5.41) is 9.12. The number of benzene rings is 3. The molecule has 0 radical (unpaired) electrons. The van der Waals surface area contributed by atoms with Gasteiger partial charge in [0.15, 0.2) is 12.3 Å². The predicted octanol–water partition coefficient (Wildman–Crippen LogP) is 11.3. The molecule has 4 rings (SSSR count). The molecule has 0 saturated carbocycles. The number of hydrogen-bond acceptors (Lipinski definition) is 17. The average molecular weight is 1140 g/mol. The van der Waals surface area contributed by atoms with E-state index >= 15 is 0 Å². The molecule has 0 amide bonds. The summed E-state index contributed by atoms with van der Waals surface area (Å²) in [5.41, 5.74) is 9.25. The van der Waals surface area contributed by atoms with Crippen molar-refractivity contribution in [2.24, 2.45) is 10.8 Å². The average Bonchev–Trinajstić information content (AvgIpc) is 3.40. The molecule has 3 aromatic rings. The summed E-state index contributed by atoms with van der Waals surface area (Å²) < 4.78 is 74.3. The Labute approximate surface area is 469 Å². The normalized spacial score (nSPS) is 13.1. The second-order valence-electron chi connectivity index (χ2n) is 20.3. The molecular weight excluding hydrogens is 1060 g/mol. The second kappa shape index (κ2) is 32.7. The van der Waals surface area contributed by atoms with Crippen molar-refractivity contribution >= 4 is 78.2 Å². The first-order chi connectivity index (χ1) is 36.6. The molecule has 0 N–H and O–H groups in total. The lowest BCUT2D eigenvalue weighted by Crippen LogP contribution is -2.30. The number of nitrogens with zero attached hydrogens (tertiary/aromatic N) is 4. The summed E-state index contributed by atoms with van der Waals surface area (Å²) >= 11 is 2.35. The van der Waals surface area contributed by atoms with Crippen LogP contribution >= 0.6 is 24.1 Å². The number of allylic oxidation sites excluding steroid dienone is 9. The summed E-state index contributed by atoms with van der Waals surface area (Å²) in [6.07, 6.45) is 14.5. The molecule has 0 fully saturated rings. The van der Waals surface area contributed by atoms with Crippen molar-refractivity contribution in [2.45, 2.75) is 69.2 Å². The molecule has 0 aromatic heterocycles. The van der Waals surface area contributed by atoms with Gasteiger partial charge in [0.05, 0.1) is 33.2 Å². The highest BCUT2D eigenvalue weighted by atomic mass is 32.2. The third-order valence-electron chi connectivity index (χ3n) is 12.0. The Bertz CT molecular complexity index is 2590. The fourth-order valence-electron chi connectivity index (χ4n) is 7.80. The molecule has 0 heterocycles. The smallest absolute Gasteiger partial charge is 0.273 e. The molecule has 0 saturated heterocycles. The molecule has 0 aliphatic heterocycles. The first-order valence-corrected chi connectivity index (χ1v) is 31.0. The summed E-state index contributed by atoms with van der Waals surface area (Å²) in [4.78, 5) is 15.6. The van der Waals surface area contributed by atoms with Gasteiger partial charge in [-0.2, -0.15) is 16.8 Å². The molecule has 426 valence electrons. The van der Waals surface area contributed by atoms with Crippen LogP contribution in [0.5, 0.6) is 0 Å². The zero-order valence-electron chi connectivity index (χ0n) is 47.2. The number of anilines is 3. The Hall–Kier alpha value is -4.29. The lowest BCUT2D eigenvalue weighted by atomic mass is 9.94. The van der Waals surface area contributed by atoms with Gasteiger partial charge < -0.3 is 14.7 Å². The third kappa shape index (κ3) is 23.5. The van der Waals surface area contributed by atoms with E-state index in [0.29, 0.717) is 24.6 Å². The van der Waals surface area contributed by atoms with Crippen LogP contribution in [0.3, 0.4) is 0 Å². The van der Waals surface area contributed by atoms with Crippen molar-refractivity contribution < 1.29 is 58.3 Å². The predicted molar refractivity (Wildman–Crippen MR) is 317 cm³/mol. The van der Waals surface area contributed by atoms with Gasteiger partial charge in [-0.05, 0) is 120 Å². The van der Waals surface area contributed by atoms with Gasteiger partial charge in [0.1, 0.15) is 12.3 Å². The molecule has 20 heteroatoms. The molecule has 1 aliphatic rings. The lowest BCUT2D eigenvalue weighted by molar-refractivity contribution is -0.518. The van der Waals surface area contributed by atoms with E-state index in [-0.39, 0.29) is 48.6 Å². The third-order valence-corrected chi connectivity index (χ3v) is 15.3. The van der Waals surface area contributed by atoms with Crippen LogP contribution in [0, 0.1) is 10.8 Å². The van der Waals surface area contributed by atoms with Crippen molar-refractivity contribution in [2.75, 3.05) is 118 Å². The SMILES string of the molecule is CCN(CCSOOOC)c1ccc(C(=C/C=C/C(=C2C=CC(=[N+](CC)CCS(=O)(=O)OCC(C)(C)C)C=C2)c2ccc(N(CC)CCS(=O)(=O)OCC(C)(C)C)cc2)c2ccc(N(CC)CCSOOOC)cc2)cc1.